The summed E-state index contributed by atoms with van der Waals surface area (Å²) in [6, 6.07) is 10.3. The van der Waals surface area contributed by atoms with Crippen molar-refractivity contribution in [1.29, 1.82) is 0 Å². The van der Waals surface area contributed by atoms with Gasteiger partial charge in [-0.3, -0.25) is 9.59 Å². The minimum absolute atomic E-state index is 0.0584. The zero-order chi connectivity index (χ0) is 22.4. The number of amides is 2. The number of piperazine rings is 1. The van der Waals surface area contributed by atoms with E-state index in [9.17, 15) is 9.59 Å². The number of rotatable bonds is 7. The monoisotopic (exact) mass is 446 g/mol. The molecular formula is C23H27ClN2O5. The second-order valence-electron chi connectivity index (χ2n) is 7.15. The molecule has 1 fully saturated rings. The zero-order valence-corrected chi connectivity index (χ0v) is 18.8. The molecule has 1 aliphatic heterocycles. The van der Waals surface area contributed by atoms with Gasteiger partial charge in [0.2, 0.25) is 0 Å². The van der Waals surface area contributed by atoms with E-state index in [1.807, 2.05) is 6.92 Å². The van der Waals surface area contributed by atoms with E-state index in [1.165, 1.54) is 7.11 Å². The molecule has 3 rings (SSSR count). The van der Waals surface area contributed by atoms with Crippen molar-refractivity contribution in [2.45, 2.75) is 13.3 Å². The van der Waals surface area contributed by atoms with Gasteiger partial charge < -0.3 is 24.0 Å². The second-order valence-corrected chi connectivity index (χ2v) is 7.56. The highest BCUT2D eigenvalue weighted by atomic mass is 35.5. The third kappa shape index (κ3) is 5.22. The lowest BCUT2D eigenvalue weighted by atomic mass is 10.1. The fourth-order valence-corrected chi connectivity index (χ4v) is 3.66. The summed E-state index contributed by atoms with van der Waals surface area (Å²) < 4.78 is 16.2. The lowest BCUT2D eigenvalue weighted by Gasteiger charge is -2.35. The third-order valence-electron chi connectivity index (χ3n) is 5.12. The lowest BCUT2D eigenvalue weighted by Crippen LogP contribution is -2.50. The number of methoxy groups -OCH3 is 2. The van der Waals surface area contributed by atoms with Crippen molar-refractivity contribution in [2.24, 2.45) is 0 Å². The van der Waals surface area contributed by atoms with E-state index in [-0.39, 0.29) is 11.8 Å². The standard InChI is InChI=1S/C23H27ClN2O5/c1-4-13-31-21-19(24)14-17(15-20(21)30-3)23(28)26-11-9-25(10-12-26)22(27)16-5-7-18(29-2)8-6-16/h5-8,14-15H,4,9-13H2,1-3H3. The molecular weight excluding hydrogens is 420 g/mol. The summed E-state index contributed by atoms with van der Waals surface area (Å²) in [4.78, 5) is 29.2. The molecule has 2 amide bonds. The summed E-state index contributed by atoms with van der Waals surface area (Å²) in [6.45, 7) is 4.30. The second kappa shape index (κ2) is 10.4. The summed E-state index contributed by atoms with van der Waals surface area (Å²) in [5.74, 6) is 1.36. The average molecular weight is 447 g/mol. The molecule has 0 aromatic heterocycles. The number of carbonyl (C=O) groups excluding carboxylic acids is 2. The van der Waals surface area contributed by atoms with Gasteiger partial charge in [-0.05, 0) is 42.8 Å². The Morgan fingerprint density at radius 1 is 0.903 bits per heavy atom. The van der Waals surface area contributed by atoms with Crippen LogP contribution in [-0.4, -0.2) is 68.6 Å². The summed E-state index contributed by atoms with van der Waals surface area (Å²) in [6.07, 6.45) is 0.833. The fraction of sp³-hybridized carbons (Fsp3) is 0.391. The molecule has 0 aliphatic carbocycles. The van der Waals surface area contributed by atoms with Crippen LogP contribution in [0, 0.1) is 0 Å². The molecule has 1 saturated heterocycles. The largest absolute Gasteiger partial charge is 0.497 e. The van der Waals surface area contributed by atoms with Crippen molar-refractivity contribution in [2.75, 3.05) is 47.0 Å². The molecule has 1 heterocycles. The normalized spacial score (nSPS) is 13.7. The van der Waals surface area contributed by atoms with E-state index in [2.05, 4.69) is 0 Å². The topological polar surface area (TPSA) is 68.3 Å². The van der Waals surface area contributed by atoms with E-state index >= 15 is 0 Å². The summed E-state index contributed by atoms with van der Waals surface area (Å²) in [5.41, 5.74) is 1.03. The maximum Gasteiger partial charge on any atom is 0.254 e. The molecule has 2 aromatic carbocycles. The van der Waals surface area contributed by atoms with Crippen LogP contribution in [0.1, 0.15) is 34.1 Å². The van der Waals surface area contributed by atoms with Crippen LogP contribution in [0.3, 0.4) is 0 Å². The molecule has 0 radical (unpaired) electrons. The van der Waals surface area contributed by atoms with Gasteiger partial charge in [0.05, 0.1) is 25.8 Å². The smallest absolute Gasteiger partial charge is 0.254 e. The van der Waals surface area contributed by atoms with Crippen LogP contribution in [0.25, 0.3) is 0 Å². The molecule has 7 nitrogen and oxygen atoms in total. The predicted molar refractivity (Wildman–Crippen MR) is 119 cm³/mol. The minimum Gasteiger partial charge on any atom is -0.497 e. The SMILES string of the molecule is CCCOc1c(Cl)cc(C(=O)N2CCN(C(=O)c3ccc(OC)cc3)CC2)cc1OC. The first-order valence-corrected chi connectivity index (χ1v) is 10.6. The van der Waals surface area contributed by atoms with Gasteiger partial charge in [0.25, 0.3) is 11.8 Å². The molecule has 0 atom stereocenters. The summed E-state index contributed by atoms with van der Waals surface area (Å²) >= 11 is 6.35. The van der Waals surface area contributed by atoms with Gasteiger partial charge in [0.15, 0.2) is 11.5 Å². The molecule has 166 valence electrons. The average Bonchev–Trinajstić information content (AvgIpc) is 2.82. The van der Waals surface area contributed by atoms with Gasteiger partial charge in [-0.15, -0.1) is 0 Å². The summed E-state index contributed by atoms with van der Waals surface area (Å²) in [7, 11) is 3.10. The Kier molecular flexibility index (Phi) is 7.63. The number of hydrogen-bond donors (Lipinski definition) is 0. The van der Waals surface area contributed by atoms with Crippen LogP contribution in [0.15, 0.2) is 36.4 Å². The van der Waals surface area contributed by atoms with Crippen molar-refractivity contribution in [1.82, 2.24) is 9.80 Å². The molecule has 0 saturated carbocycles. The third-order valence-corrected chi connectivity index (χ3v) is 5.40. The van der Waals surface area contributed by atoms with Gasteiger partial charge in [-0.1, -0.05) is 18.5 Å². The first-order valence-electron chi connectivity index (χ1n) is 10.2. The predicted octanol–water partition coefficient (Wildman–Crippen LogP) is 3.74. The van der Waals surface area contributed by atoms with Gasteiger partial charge in [0.1, 0.15) is 5.75 Å². The zero-order valence-electron chi connectivity index (χ0n) is 18.0. The highest BCUT2D eigenvalue weighted by Crippen LogP contribution is 2.37. The van der Waals surface area contributed by atoms with E-state index in [4.69, 9.17) is 25.8 Å². The van der Waals surface area contributed by atoms with E-state index in [0.29, 0.717) is 66.2 Å². The van der Waals surface area contributed by atoms with Gasteiger partial charge in [0, 0.05) is 37.3 Å². The highest BCUT2D eigenvalue weighted by Gasteiger charge is 2.27. The van der Waals surface area contributed by atoms with Crippen LogP contribution in [0.4, 0.5) is 0 Å². The molecule has 31 heavy (non-hydrogen) atoms. The van der Waals surface area contributed by atoms with Crippen molar-refractivity contribution >= 4 is 23.4 Å². The summed E-state index contributed by atoms with van der Waals surface area (Å²) in [5, 5.41) is 0.337. The van der Waals surface area contributed by atoms with Gasteiger partial charge in [-0.25, -0.2) is 0 Å². The molecule has 0 unspecified atom stereocenters. The molecule has 0 N–H and O–H groups in total. The molecule has 2 aromatic rings. The number of ether oxygens (including phenoxy) is 3. The van der Waals surface area contributed by atoms with E-state index in [1.54, 1.807) is 53.3 Å². The Morgan fingerprint density at radius 2 is 1.48 bits per heavy atom. The Balaban J connectivity index is 1.65. The van der Waals surface area contributed by atoms with Crippen LogP contribution in [0.2, 0.25) is 5.02 Å². The number of hydrogen-bond acceptors (Lipinski definition) is 5. The fourth-order valence-electron chi connectivity index (χ4n) is 3.40. The Morgan fingerprint density at radius 3 is 2.00 bits per heavy atom. The van der Waals surface area contributed by atoms with E-state index < -0.39 is 0 Å². The van der Waals surface area contributed by atoms with Crippen LogP contribution in [-0.2, 0) is 0 Å². The van der Waals surface area contributed by atoms with E-state index in [0.717, 1.165) is 6.42 Å². The Hall–Kier alpha value is -2.93. The molecule has 0 bridgehead atoms. The molecule has 0 spiro atoms. The van der Waals surface area contributed by atoms with Gasteiger partial charge in [-0.2, -0.15) is 0 Å². The van der Waals surface area contributed by atoms with Crippen LogP contribution < -0.4 is 14.2 Å². The van der Waals surface area contributed by atoms with Crippen molar-refractivity contribution in [3.63, 3.8) is 0 Å². The minimum atomic E-state index is -0.154. The van der Waals surface area contributed by atoms with Gasteiger partial charge >= 0.3 is 0 Å². The van der Waals surface area contributed by atoms with Crippen LogP contribution in [0.5, 0.6) is 17.2 Å². The first-order chi connectivity index (χ1) is 15.0. The number of nitrogens with zero attached hydrogens (tertiary/aromatic N) is 2. The molecule has 8 heteroatoms. The Labute approximate surface area is 187 Å². The number of halogens is 1. The van der Waals surface area contributed by atoms with Crippen LogP contribution >= 0.6 is 11.6 Å². The molecule has 1 aliphatic rings. The number of benzene rings is 2. The Bertz CT molecular complexity index is 924. The van der Waals surface area contributed by atoms with Crippen molar-refractivity contribution in [3.8, 4) is 17.2 Å². The lowest BCUT2D eigenvalue weighted by molar-refractivity contribution is 0.0535. The first kappa shape index (κ1) is 22.7. The highest BCUT2D eigenvalue weighted by molar-refractivity contribution is 6.32. The quantitative estimate of drug-likeness (QED) is 0.648. The van der Waals surface area contributed by atoms with Crippen molar-refractivity contribution in [3.05, 3.63) is 52.5 Å². The maximum absolute atomic E-state index is 13.0. The van der Waals surface area contributed by atoms with Crippen molar-refractivity contribution < 1.29 is 23.8 Å². The maximum atomic E-state index is 13.0. The number of carbonyl (C=O) groups is 2.